The SMILES string of the molecule is c1ccc(-c2ccc3c(c2)oc2cccc(-c4nc(-c5ccccc5)nc(-c5cc6cnccc6c6ccc7ccccc7c56)n4)c23)cc1. The van der Waals surface area contributed by atoms with Crippen LogP contribution < -0.4 is 0 Å². The van der Waals surface area contributed by atoms with Crippen LogP contribution in [0, 0.1) is 0 Å². The van der Waals surface area contributed by atoms with Crippen LogP contribution in [0.2, 0.25) is 0 Å². The molecular weight excluding hydrogens is 601 g/mol. The number of benzene rings is 7. The second-order valence-electron chi connectivity index (χ2n) is 12.3. The Morgan fingerprint density at radius 2 is 1.12 bits per heavy atom. The highest BCUT2D eigenvalue weighted by atomic mass is 16.3. The summed E-state index contributed by atoms with van der Waals surface area (Å²) < 4.78 is 6.48. The summed E-state index contributed by atoms with van der Waals surface area (Å²) in [6, 6.07) is 50.1. The molecule has 0 atom stereocenters. The van der Waals surface area contributed by atoms with E-state index in [9.17, 15) is 0 Å². The van der Waals surface area contributed by atoms with Crippen molar-refractivity contribution in [1.29, 1.82) is 0 Å². The molecule has 49 heavy (non-hydrogen) atoms. The zero-order valence-corrected chi connectivity index (χ0v) is 26.2. The second-order valence-corrected chi connectivity index (χ2v) is 12.3. The van der Waals surface area contributed by atoms with Gasteiger partial charge in [0.25, 0.3) is 0 Å². The zero-order chi connectivity index (χ0) is 32.3. The van der Waals surface area contributed by atoms with Gasteiger partial charge in [0.15, 0.2) is 17.5 Å². The van der Waals surface area contributed by atoms with E-state index in [4.69, 9.17) is 19.4 Å². The van der Waals surface area contributed by atoms with Gasteiger partial charge in [-0.15, -0.1) is 0 Å². The van der Waals surface area contributed by atoms with Crippen molar-refractivity contribution in [3.05, 3.63) is 158 Å². The van der Waals surface area contributed by atoms with Gasteiger partial charge in [0.1, 0.15) is 11.2 Å². The fourth-order valence-corrected chi connectivity index (χ4v) is 7.11. The van der Waals surface area contributed by atoms with Crippen molar-refractivity contribution in [2.45, 2.75) is 0 Å². The van der Waals surface area contributed by atoms with Gasteiger partial charge in [0.2, 0.25) is 0 Å². The number of rotatable bonds is 4. The molecule has 228 valence electrons. The van der Waals surface area contributed by atoms with Crippen molar-refractivity contribution in [3.8, 4) is 45.3 Å². The molecule has 0 radical (unpaired) electrons. The van der Waals surface area contributed by atoms with E-state index < -0.39 is 0 Å². The quantitative estimate of drug-likeness (QED) is 0.182. The zero-order valence-electron chi connectivity index (χ0n) is 26.2. The van der Waals surface area contributed by atoms with E-state index in [0.717, 1.165) is 82.1 Å². The van der Waals surface area contributed by atoms with Crippen LogP contribution in [0.4, 0.5) is 0 Å². The Balaban J connectivity index is 1.27. The van der Waals surface area contributed by atoms with Crippen molar-refractivity contribution in [2.75, 3.05) is 0 Å². The fourth-order valence-electron chi connectivity index (χ4n) is 7.11. The van der Waals surface area contributed by atoms with Crippen molar-refractivity contribution in [2.24, 2.45) is 0 Å². The van der Waals surface area contributed by atoms with Crippen molar-refractivity contribution < 1.29 is 4.42 Å². The number of nitrogens with zero attached hydrogens (tertiary/aromatic N) is 4. The van der Waals surface area contributed by atoms with Crippen LogP contribution in [0.3, 0.4) is 0 Å². The number of hydrogen-bond acceptors (Lipinski definition) is 5. The molecule has 0 spiro atoms. The topological polar surface area (TPSA) is 64.7 Å². The maximum Gasteiger partial charge on any atom is 0.164 e. The van der Waals surface area contributed by atoms with Gasteiger partial charge in [-0.1, -0.05) is 115 Å². The molecule has 0 aliphatic rings. The van der Waals surface area contributed by atoms with Crippen molar-refractivity contribution in [1.82, 2.24) is 19.9 Å². The van der Waals surface area contributed by atoms with Gasteiger partial charge >= 0.3 is 0 Å². The first-order chi connectivity index (χ1) is 24.3. The van der Waals surface area contributed by atoms with Crippen LogP contribution in [-0.4, -0.2) is 19.9 Å². The Kier molecular flexibility index (Phi) is 6.11. The molecule has 0 bridgehead atoms. The van der Waals surface area contributed by atoms with Gasteiger partial charge < -0.3 is 4.42 Å². The van der Waals surface area contributed by atoms with E-state index in [1.54, 1.807) is 0 Å². The van der Waals surface area contributed by atoms with Gasteiger partial charge in [-0.2, -0.15) is 0 Å². The predicted octanol–water partition coefficient (Wildman–Crippen LogP) is 11.3. The maximum absolute atomic E-state index is 6.48. The minimum Gasteiger partial charge on any atom is -0.456 e. The lowest BCUT2D eigenvalue weighted by molar-refractivity contribution is 0.669. The van der Waals surface area contributed by atoms with E-state index in [0.29, 0.717) is 17.5 Å². The fraction of sp³-hybridized carbons (Fsp3) is 0. The Bertz CT molecular complexity index is 2880. The Morgan fingerprint density at radius 1 is 0.388 bits per heavy atom. The minimum absolute atomic E-state index is 0.587. The molecular formula is C44H26N4O. The summed E-state index contributed by atoms with van der Waals surface area (Å²) in [6.45, 7) is 0. The van der Waals surface area contributed by atoms with Crippen molar-refractivity contribution >= 4 is 54.3 Å². The molecule has 10 aromatic rings. The lowest BCUT2D eigenvalue weighted by Crippen LogP contribution is -2.01. The van der Waals surface area contributed by atoms with Crippen LogP contribution in [0.1, 0.15) is 0 Å². The Labute approximate surface area is 281 Å². The summed E-state index contributed by atoms with van der Waals surface area (Å²) in [4.78, 5) is 20.0. The first kappa shape index (κ1) is 27.4. The average molecular weight is 627 g/mol. The number of pyridine rings is 1. The number of fused-ring (bicyclic) bond motifs is 8. The molecule has 0 aliphatic carbocycles. The van der Waals surface area contributed by atoms with Gasteiger partial charge in [-0.3, -0.25) is 4.98 Å². The monoisotopic (exact) mass is 626 g/mol. The van der Waals surface area contributed by atoms with E-state index in [1.807, 2.05) is 60.9 Å². The van der Waals surface area contributed by atoms with E-state index in [-0.39, 0.29) is 0 Å². The molecule has 0 saturated heterocycles. The highest BCUT2D eigenvalue weighted by Crippen LogP contribution is 2.41. The highest BCUT2D eigenvalue weighted by molar-refractivity contribution is 6.22. The summed E-state index contributed by atoms with van der Waals surface area (Å²) >= 11 is 0. The molecule has 0 saturated carbocycles. The van der Waals surface area contributed by atoms with E-state index in [1.165, 1.54) is 0 Å². The standard InChI is InChI=1S/C44H26N4O/c1-3-10-27(11-4-1)30-19-21-35-39(25-30)49-38-17-9-16-36(41(35)38)43-46-42(29-13-5-2-6-14-29)47-44(48-43)37-24-31-26-45-23-22-32(31)34-20-18-28-12-7-8-15-33(28)40(34)37/h1-26H. The van der Waals surface area contributed by atoms with Crippen molar-refractivity contribution in [3.63, 3.8) is 0 Å². The smallest absolute Gasteiger partial charge is 0.164 e. The molecule has 0 unspecified atom stereocenters. The van der Waals surface area contributed by atoms with E-state index in [2.05, 4.69) is 102 Å². The summed E-state index contributed by atoms with van der Waals surface area (Å²) in [5, 5.41) is 8.71. The van der Waals surface area contributed by atoms with Crippen LogP contribution in [0.25, 0.3) is 99.5 Å². The number of furan rings is 1. The normalized spacial score (nSPS) is 11.7. The lowest BCUT2D eigenvalue weighted by atomic mass is 9.93. The first-order valence-corrected chi connectivity index (χ1v) is 16.3. The van der Waals surface area contributed by atoms with Gasteiger partial charge in [-0.25, -0.2) is 15.0 Å². The molecule has 10 rings (SSSR count). The summed E-state index contributed by atoms with van der Waals surface area (Å²) in [5.74, 6) is 1.80. The largest absolute Gasteiger partial charge is 0.456 e. The predicted molar refractivity (Wildman–Crippen MR) is 199 cm³/mol. The third-order valence-electron chi connectivity index (χ3n) is 9.39. The van der Waals surface area contributed by atoms with Crippen LogP contribution in [-0.2, 0) is 0 Å². The third-order valence-corrected chi connectivity index (χ3v) is 9.39. The van der Waals surface area contributed by atoms with Crippen LogP contribution in [0.5, 0.6) is 0 Å². The molecule has 5 nitrogen and oxygen atoms in total. The van der Waals surface area contributed by atoms with Gasteiger partial charge in [0.05, 0.1) is 0 Å². The maximum atomic E-state index is 6.48. The number of aromatic nitrogens is 4. The Hall–Kier alpha value is -6.72. The first-order valence-electron chi connectivity index (χ1n) is 16.3. The molecule has 7 aromatic carbocycles. The van der Waals surface area contributed by atoms with Crippen LogP contribution >= 0.6 is 0 Å². The third kappa shape index (κ3) is 4.48. The molecule has 0 fully saturated rings. The number of hydrogen-bond donors (Lipinski definition) is 0. The van der Waals surface area contributed by atoms with Gasteiger partial charge in [-0.05, 0) is 63.0 Å². The Morgan fingerprint density at radius 3 is 1.98 bits per heavy atom. The molecule has 3 heterocycles. The summed E-state index contributed by atoms with van der Waals surface area (Å²) in [5.41, 5.74) is 6.60. The summed E-state index contributed by atoms with van der Waals surface area (Å²) in [7, 11) is 0. The second kappa shape index (κ2) is 10.9. The molecule has 0 amide bonds. The molecule has 3 aromatic heterocycles. The molecule has 0 aliphatic heterocycles. The summed E-state index contributed by atoms with van der Waals surface area (Å²) in [6.07, 6.45) is 3.76. The van der Waals surface area contributed by atoms with Crippen LogP contribution in [0.15, 0.2) is 162 Å². The van der Waals surface area contributed by atoms with E-state index >= 15 is 0 Å². The highest BCUT2D eigenvalue weighted by Gasteiger charge is 2.20. The minimum atomic E-state index is 0.587. The molecule has 0 N–H and O–H groups in total. The molecule has 5 heteroatoms. The average Bonchev–Trinajstić information content (AvgIpc) is 3.56. The van der Waals surface area contributed by atoms with Gasteiger partial charge in [0, 0.05) is 50.6 Å². The lowest BCUT2D eigenvalue weighted by Gasteiger charge is -2.14.